The maximum Gasteiger partial charge on any atom is 0.123 e. The van der Waals surface area contributed by atoms with Gasteiger partial charge in [-0.25, -0.2) is 4.39 Å². The molecule has 1 rings (SSSR count). The highest BCUT2D eigenvalue weighted by molar-refractivity contribution is 5.32. The number of rotatable bonds is 8. The Labute approximate surface area is 114 Å². The van der Waals surface area contributed by atoms with Crippen LogP contribution in [-0.4, -0.2) is 30.9 Å². The first-order valence-electron chi connectivity index (χ1n) is 6.75. The molecule has 0 aliphatic carbocycles. The average molecular weight is 269 g/mol. The summed E-state index contributed by atoms with van der Waals surface area (Å²) < 4.78 is 18.6. The van der Waals surface area contributed by atoms with E-state index in [4.69, 9.17) is 4.74 Å². The third-order valence-corrected chi connectivity index (χ3v) is 3.70. The summed E-state index contributed by atoms with van der Waals surface area (Å²) in [5, 5.41) is 12.6. The number of likely N-dealkylation sites (N-methyl/N-ethyl adjacent to an activating group) is 1. The van der Waals surface area contributed by atoms with Crippen molar-refractivity contribution in [2.24, 2.45) is 0 Å². The lowest BCUT2D eigenvalue weighted by Gasteiger charge is -2.30. The average Bonchev–Trinajstić information content (AvgIpc) is 2.42. The van der Waals surface area contributed by atoms with Crippen LogP contribution < -0.4 is 10.1 Å². The van der Waals surface area contributed by atoms with Crippen LogP contribution in [0.15, 0.2) is 18.2 Å². The van der Waals surface area contributed by atoms with Gasteiger partial charge in [0.15, 0.2) is 0 Å². The third kappa shape index (κ3) is 4.48. The fraction of sp³-hybridized carbons (Fsp3) is 0.600. The first-order valence-corrected chi connectivity index (χ1v) is 6.75. The summed E-state index contributed by atoms with van der Waals surface area (Å²) in [4.78, 5) is 0. The van der Waals surface area contributed by atoms with Gasteiger partial charge in [0.2, 0.25) is 0 Å². The van der Waals surface area contributed by atoms with Crippen molar-refractivity contribution in [3.8, 4) is 5.75 Å². The number of nitrogens with one attached hydrogen (secondary N) is 1. The highest BCUT2D eigenvalue weighted by Gasteiger charge is 2.24. The van der Waals surface area contributed by atoms with Crippen molar-refractivity contribution in [1.82, 2.24) is 5.32 Å². The van der Waals surface area contributed by atoms with Crippen molar-refractivity contribution in [3.63, 3.8) is 0 Å². The number of hydrogen-bond donors (Lipinski definition) is 2. The zero-order valence-corrected chi connectivity index (χ0v) is 12.0. The molecule has 1 atom stereocenters. The fourth-order valence-electron chi connectivity index (χ4n) is 2.12. The lowest BCUT2D eigenvalue weighted by Crippen LogP contribution is -2.46. The Morgan fingerprint density at radius 1 is 1.42 bits per heavy atom. The van der Waals surface area contributed by atoms with Gasteiger partial charge in [0.25, 0.3) is 0 Å². The zero-order valence-electron chi connectivity index (χ0n) is 12.0. The molecule has 108 valence electrons. The number of benzene rings is 1. The van der Waals surface area contributed by atoms with E-state index in [1.807, 2.05) is 14.0 Å². The van der Waals surface area contributed by atoms with E-state index in [9.17, 15) is 9.50 Å². The van der Waals surface area contributed by atoms with Gasteiger partial charge >= 0.3 is 0 Å². The van der Waals surface area contributed by atoms with Crippen molar-refractivity contribution < 1.29 is 14.2 Å². The summed E-state index contributed by atoms with van der Waals surface area (Å²) >= 11 is 0. The predicted octanol–water partition coefficient (Wildman–Crippen LogP) is 2.65. The molecule has 0 aliphatic rings. The van der Waals surface area contributed by atoms with E-state index < -0.39 is 0 Å². The lowest BCUT2D eigenvalue weighted by atomic mass is 9.92. The second-order valence-corrected chi connectivity index (χ2v) is 4.90. The molecule has 0 saturated heterocycles. The molecular formula is C15H24FNO2. The van der Waals surface area contributed by atoms with E-state index in [2.05, 4.69) is 12.2 Å². The standard InChI is InChI=1S/C15H24FNO2/c1-4-15(11-18,17-3)8-5-9-19-14-7-6-13(16)10-12(14)2/h6-7,10,17-18H,4-5,8-9,11H2,1-3H3. The first kappa shape index (κ1) is 15.9. The second-order valence-electron chi connectivity index (χ2n) is 4.90. The first-order chi connectivity index (χ1) is 9.06. The van der Waals surface area contributed by atoms with Crippen LogP contribution in [0.2, 0.25) is 0 Å². The number of aliphatic hydroxyl groups excluding tert-OH is 1. The fourth-order valence-corrected chi connectivity index (χ4v) is 2.12. The smallest absolute Gasteiger partial charge is 0.123 e. The molecule has 0 fully saturated rings. The minimum absolute atomic E-state index is 0.121. The summed E-state index contributed by atoms with van der Waals surface area (Å²) in [6.45, 7) is 4.57. The van der Waals surface area contributed by atoms with Crippen molar-refractivity contribution in [2.75, 3.05) is 20.3 Å². The molecule has 3 nitrogen and oxygen atoms in total. The van der Waals surface area contributed by atoms with Crippen LogP contribution in [0, 0.1) is 12.7 Å². The molecule has 4 heteroatoms. The van der Waals surface area contributed by atoms with Crippen molar-refractivity contribution in [3.05, 3.63) is 29.6 Å². The Bertz CT molecular complexity index is 383. The Kier molecular flexibility index (Phi) is 6.25. The van der Waals surface area contributed by atoms with E-state index in [0.717, 1.165) is 30.6 Å². The Morgan fingerprint density at radius 2 is 2.16 bits per heavy atom. The molecule has 0 bridgehead atoms. The van der Waals surface area contributed by atoms with Gasteiger partial charge in [-0.3, -0.25) is 0 Å². The van der Waals surface area contributed by atoms with Crippen LogP contribution in [0.5, 0.6) is 5.75 Å². The molecule has 19 heavy (non-hydrogen) atoms. The summed E-state index contributed by atoms with van der Waals surface area (Å²) in [5.41, 5.74) is 0.582. The van der Waals surface area contributed by atoms with Crippen molar-refractivity contribution in [1.29, 1.82) is 0 Å². The maximum atomic E-state index is 12.9. The number of halogens is 1. The van der Waals surface area contributed by atoms with Gasteiger partial charge in [0.1, 0.15) is 11.6 Å². The van der Waals surface area contributed by atoms with Crippen LogP contribution in [0.3, 0.4) is 0 Å². The molecule has 0 radical (unpaired) electrons. The minimum atomic E-state index is -0.245. The van der Waals surface area contributed by atoms with Gasteiger partial charge in [-0.05, 0) is 57.0 Å². The second kappa shape index (κ2) is 7.46. The van der Waals surface area contributed by atoms with Gasteiger partial charge in [0, 0.05) is 5.54 Å². The summed E-state index contributed by atoms with van der Waals surface area (Å²) in [6, 6.07) is 4.52. The molecule has 0 amide bonds. The monoisotopic (exact) mass is 269 g/mol. The number of ether oxygens (including phenoxy) is 1. The van der Waals surface area contributed by atoms with Crippen LogP contribution in [-0.2, 0) is 0 Å². The maximum absolute atomic E-state index is 12.9. The van der Waals surface area contributed by atoms with E-state index in [-0.39, 0.29) is 18.0 Å². The lowest BCUT2D eigenvalue weighted by molar-refractivity contribution is 0.145. The highest BCUT2D eigenvalue weighted by atomic mass is 19.1. The third-order valence-electron chi connectivity index (χ3n) is 3.70. The topological polar surface area (TPSA) is 41.5 Å². The summed E-state index contributed by atoms with van der Waals surface area (Å²) in [5.74, 6) is 0.474. The van der Waals surface area contributed by atoms with Crippen LogP contribution >= 0.6 is 0 Å². The molecule has 1 unspecified atom stereocenters. The SMILES string of the molecule is CCC(CO)(CCCOc1ccc(F)cc1C)NC. The molecule has 0 heterocycles. The predicted molar refractivity (Wildman–Crippen MR) is 75.0 cm³/mol. The van der Waals surface area contributed by atoms with Gasteiger partial charge in [0.05, 0.1) is 13.2 Å². The summed E-state index contributed by atoms with van der Waals surface area (Å²) in [7, 11) is 1.87. The normalized spacial score (nSPS) is 14.2. The van der Waals surface area contributed by atoms with Gasteiger partial charge in [-0.15, -0.1) is 0 Å². The molecule has 1 aromatic carbocycles. The minimum Gasteiger partial charge on any atom is -0.493 e. The van der Waals surface area contributed by atoms with Crippen LogP contribution in [0.25, 0.3) is 0 Å². The van der Waals surface area contributed by atoms with Crippen molar-refractivity contribution in [2.45, 2.75) is 38.6 Å². The Hall–Kier alpha value is -1.13. The molecule has 0 spiro atoms. The zero-order chi connectivity index (χ0) is 14.3. The highest BCUT2D eigenvalue weighted by Crippen LogP contribution is 2.20. The largest absolute Gasteiger partial charge is 0.493 e. The van der Waals surface area contributed by atoms with E-state index in [1.54, 1.807) is 6.07 Å². The molecule has 0 saturated carbocycles. The van der Waals surface area contributed by atoms with E-state index >= 15 is 0 Å². The molecule has 2 N–H and O–H groups in total. The van der Waals surface area contributed by atoms with Gasteiger partial charge in [-0.1, -0.05) is 6.92 Å². The Balaban J connectivity index is 2.42. The van der Waals surface area contributed by atoms with E-state index in [0.29, 0.717) is 6.61 Å². The number of aryl methyl sites for hydroxylation is 1. The summed E-state index contributed by atoms with van der Waals surface area (Å²) in [6.07, 6.45) is 2.55. The number of aliphatic hydroxyl groups is 1. The van der Waals surface area contributed by atoms with Crippen molar-refractivity contribution >= 4 is 0 Å². The molecule has 1 aromatic rings. The molecular weight excluding hydrogens is 245 g/mol. The van der Waals surface area contributed by atoms with E-state index in [1.165, 1.54) is 12.1 Å². The van der Waals surface area contributed by atoms with Gasteiger partial charge in [-0.2, -0.15) is 0 Å². The van der Waals surface area contributed by atoms with Gasteiger partial charge < -0.3 is 15.2 Å². The number of hydrogen-bond acceptors (Lipinski definition) is 3. The van der Waals surface area contributed by atoms with Crippen LogP contribution in [0.4, 0.5) is 4.39 Å². The quantitative estimate of drug-likeness (QED) is 0.713. The van der Waals surface area contributed by atoms with Crippen LogP contribution in [0.1, 0.15) is 31.7 Å². The molecule has 0 aliphatic heterocycles. The molecule has 0 aromatic heterocycles. The Morgan fingerprint density at radius 3 is 2.68 bits per heavy atom.